The molecular weight excluding hydrogens is 328 g/mol. The van der Waals surface area contributed by atoms with Crippen molar-refractivity contribution in [2.45, 2.75) is 31.7 Å². The lowest BCUT2D eigenvalue weighted by atomic mass is 9.94. The van der Waals surface area contributed by atoms with Gasteiger partial charge in [-0.05, 0) is 50.8 Å². The lowest BCUT2D eigenvalue weighted by Crippen LogP contribution is -2.44. The van der Waals surface area contributed by atoms with Gasteiger partial charge in [0.15, 0.2) is 0 Å². The predicted molar refractivity (Wildman–Crippen MR) is 99.7 cm³/mol. The van der Waals surface area contributed by atoms with Gasteiger partial charge in [0, 0.05) is 44.4 Å². The van der Waals surface area contributed by atoms with Crippen LogP contribution in [0.2, 0.25) is 0 Å². The van der Waals surface area contributed by atoms with Crippen molar-refractivity contribution < 1.29 is 4.74 Å². The first-order chi connectivity index (χ1) is 12.9. The molecule has 4 heterocycles. The van der Waals surface area contributed by atoms with Gasteiger partial charge in [-0.3, -0.25) is 9.97 Å². The monoisotopic (exact) mass is 354 g/mol. The summed E-state index contributed by atoms with van der Waals surface area (Å²) in [6, 6.07) is 2.59. The summed E-state index contributed by atoms with van der Waals surface area (Å²) in [4.78, 5) is 20.0. The molecule has 2 aromatic heterocycles. The molecule has 0 bridgehead atoms. The van der Waals surface area contributed by atoms with Crippen LogP contribution >= 0.6 is 0 Å². The normalized spacial score (nSPS) is 20.2. The van der Waals surface area contributed by atoms with Crippen molar-refractivity contribution in [3.8, 4) is 11.4 Å². The van der Waals surface area contributed by atoms with Crippen LogP contribution in [0.15, 0.2) is 30.9 Å². The van der Waals surface area contributed by atoms with Gasteiger partial charge in [-0.15, -0.1) is 0 Å². The molecule has 7 heteroatoms. The lowest BCUT2D eigenvalue weighted by Gasteiger charge is -2.39. The van der Waals surface area contributed by atoms with Crippen molar-refractivity contribution in [1.29, 1.82) is 0 Å². The summed E-state index contributed by atoms with van der Waals surface area (Å²) in [5, 5.41) is 3.41. The van der Waals surface area contributed by atoms with Gasteiger partial charge in [0.2, 0.25) is 5.95 Å². The Balaban J connectivity index is 1.27. The summed E-state index contributed by atoms with van der Waals surface area (Å²) in [5.41, 5.74) is 1.56. The molecule has 0 amide bonds. The maximum absolute atomic E-state index is 5.48. The number of piperidine rings is 1. The van der Waals surface area contributed by atoms with Gasteiger partial charge in [-0.1, -0.05) is 0 Å². The molecule has 0 aromatic carbocycles. The van der Waals surface area contributed by atoms with Crippen LogP contribution < -0.4 is 5.32 Å². The average molecular weight is 354 g/mol. The van der Waals surface area contributed by atoms with Crippen LogP contribution in [0.4, 0.5) is 5.95 Å². The van der Waals surface area contributed by atoms with Gasteiger partial charge < -0.3 is 15.0 Å². The topological polar surface area (TPSA) is 76.1 Å². The van der Waals surface area contributed by atoms with Gasteiger partial charge in [0.25, 0.3) is 0 Å². The van der Waals surface area contributed by atoms with Crippen LogP contribution in [-0.4, -0.2) is 63.7 Å². The van der Waals surface area contributed by atoms with E-state index in [0.717, 1.165) is 37.2 Å². The molecular formula is C19H26N6O. The number of anilines is 1. The highest BCUT2D eigenvalue weighted by atomic mass is 16.5. The van der Waals surface area contributed by atoms with Crippen LogP contribution in [0.25, 0.3) is 11.4 Å². The van der Waals surface area contributed by atoms with E-state index in [2.05, 4.69) is 30.2 Å². The predicted octanol–water partition coefficient (Wildman–Crippen LogP) is 2.24. The molecule has 2 fully saturated rings. The van der Waals surface area contributed by atoms with Crippen molar-refractivity contribution in [2.75, 3.05) is 38.2 Å². The first-order valence-corrected chi connectivity index (χ1v) is 9.53. The van der Waals surface area contributed by atoms with Crippen molar-refractivity contribution in [3.63, 3.8) is 0 Å². The fourth-order valence-corrected chi connectivity index (χ4v) is 3.83. The molecule has 1 N–H and O–H groups in total. The number of hydrogen-bond acceptors (Lipinski definition) is 7. The minimum atomic E-state index is 0.667. The minimum absolute atomic E-state index is 0.667. The Morgan fingerprint density at radius 1 is 1.00 bits per heavy atom. The second-order valence-corrected chi connectivity index (χ2v) is 7.06. The number of likely N-dealkylation sites (tertiary alicyclic amines) is 1. The molecule has 7 nitrogen and oxygen atoms in total. The van der Waals surface area contributed by atoms with Gasteiger partial charge >= 0.3 is 0 Å². The highest BCUT2D eigenvalue weighted by Crippen LogP contribution is 2.23. The zero-order valence-electron chi connectivity index (χ0n) is 15.0. The third-order valence-electron chi connectivity index (χ3n) is 5.39. The first kappa shape index (κ1) is 17.3. The Bertz CT molecular complexity index is 683. The molecule has 0 saturated carbocycles. The third-order valence-corrected chi connectivity index (χ3v) is 5.39. The second-order valence-electron chi connectivity index (χ2n) is 7.06. The number of ether oxygens (including phenoxy) is 1. The number of nitrogens with zero attached hydrogens (tertiary/aromatic N) is 5. The summed E-state index contributed by atoms with van der Waals surface area (Å²) in [5.74, 6) is 1.34. The van der Waals surface area contributed by atoms with Crippen LogP contribution in [0.1, 0.15) is 25.7 Å². The smallest absolute Gasteiger partial charge is 0.223 e. The molecule has 0 atom stereocenters. The number of aromatic nitrogens is 4. The van der Waals surface area contributed by atoms with Crippen molar-refractivity contribution >= 4 is 5.95 Å². The molecule has 0 aliphatic carbocycles. The molecule has 2 saturated heterocycles. The van der Waals surface area contributed by atoms with Crippen LogP contribution in [0.3, 0.4) is 0 Å². The van der Waals surface area contributed by atoms with Crippen LogP contribution in [0.5, 0.6) is 0 Å². The Kier molecular flexibility index (Phi) is 5.66. The standard InChI is InChI=1S/C19H26N6O/c1-6-22-19(24-17(1)18-14-20-7-8-21-18)23-13-15-2-9-25(10-3-15)16-4-11-26-12-5-16/h1,6-8,14-16H,2-5,9-13H2,(H,22,23,24). The molecule has 138 valence electrons. The molecule has 2 aliphatic rings. The molecule has 2 aliphatic heterocycles. The van der Waals surface area contributed by atoms with Gasteiger partial charge in [-0.25, -0.2) is 9.97 Å². The van der Waals surface area contributed by atoms with Crippen molar-refractivity contribution in [2.24, 2.45) is 5.92 Å². The lowest BCUT2D eigenvalue weighted by molar-refractivity contribution is 0.0219. The molecule has 2 aromatic rings. The molecule has 0 unspecified atom stereocenters. The highest BCUT2D eigenvalue weighted by molar-refractivity contribution is 5.53. The Morgan fingerprint density at radius 2 is 1.85 bits per heavy atom. The molecule has 0 radical (unpaired) electrons. The highest BCUT2D eigenvalue weighted by Gasteiger charge is 2.26. The summed E-state index contributed by atoms with van der Waals surface area (Å²) in [6.07, 6.45) is 11.7. The van der Waals surface area contributed by atoms with E-state index < -0.39 is 0 Å². The van der Waals surface area contributed by atoms with E-state index in [1.54, 1.807) is 24.8 Å². The Hall–Kier alpha value is -2.12. The summed E-state index contributed by atoms with van der Waals surface area (Å²) < 4.78 is 5.48. The summed E-state index contributed by atoms with van der Waals surface area (Å²) in [6.45, 7) is 5.15. The number of hydrogen-bond donors (Lipinski definition) is 1. The van der Waals surface area contributed by atoms with Crippen LogP contribution in [-0.2, 0) is 4.74 Å². The summed E-state index contributed by atoms with van der Waals surface area (Å²) >= 11 is 0. The van der Waals surface area contributed by atoms with E-state index in [-0.39, 0.29) is 0 Å². The second kappa shape index (κ2) is 8.51. The van der Waals surface area contributed by atoms with E-state index >= 15 is 0 Å². The van der Waals surface area contributed by atoms with Gasteiger partial charge in [0.05, 0.1) is 11.9 Å². The maximum atomic E-state index is 5.48. The van der Waals surface area contributed by atoms with E-state index in [4.69, 9.17) is 4.74 Å². The first-order valence-electron chi connectivity index (χ1n) is 9.53. The van der Waals surface area contributed by atoms with E-state index in [1.807, 2.05) is 6.07 Å². The summed E-state index contributed by atoms with van der Waals surface area (Å²) in [7, 11) is 0. The SMILES string of the molecule is c1cnc(-c2ccnc(NCC3CCN(C4CCOCC4)CC3)n2)cn1. The van der Waals surface area contributed by atoms with Crippen molar-refractivity contribution in [3.05, 3.63) is 30.9 Å². The quantitative estimate of drug-likeness (QED) is 0.882. The maximum Gasteiger partial charge on any atom is 0.223 e. The van der Waals surface area contributed by atoms with E-state index in [9.17, 15) is 0 Å². The molecule has 0 spiro atoms. The third kappa shape index (κ3) is 4.34. The van der Waals surface area contributed by atoms with Gasteiger partial charge in [0.1, 0.15) is 5.69 Å². The number of nitrogens with one attached hydrogen (secondary N) is 1. The van der Waals surface area contributed by atoms with Crippen LogP contribution in [0, 0.1) is 5.92 Å². The van der Waals surface area contributed by atoms with Gasteiger partial charge in [-0.2, -0.15) is 0 Å². The fraction of sp³-hybridized carbons (Fsp3) is 0.579. The van der Waals surface area contributed by atoms with E-state index in [0.29, 0.717) is 11.9 Å². The average Bonchev–Trinajstić information content (AvgIpc) is 2.74. The van der Waals surface area contributed by atoms with Crippen molar-refractivity contribution in [1.82, 2.24) is 24.8 Å². The Labute approximate surface area is 154 Å². The molecule has 4 rings (SSSR count). The largest absolute Gasteiger partial charge is 0.381 e. The Morgan fingerprint density at radius 3 is 2.62 bits per heavy atom. The fourth-order valence-electron chi connectivity index (χ4n) is 3.83. The number of rotatable bonds is 5. The zero-order valence-corrected chi connectivity index (χ0v) is 15.0. The minimum Gasteiger partial charge on any atom is -0.381 e. The van der Waals surface area contributed by atoms with E-state index in [1.165, 1.54) is 38.8 Å². The zero-order chi connectivity index (χ0) is 17.6. The molecule has 26 heavy (non-hydrogen) atoms.